The van der Waals surface area contributed by atoms with Crippen molar-refractivity contribution in [3.63, 3.8) is 0 Å². The zero-order chi connectivity index (χ0) is 23.3. The van der Waals surface area contributed by atoms with Crippen molar-refractivity contribution in [1.82, 2.24) is 4.90 Å². The zero-order valence-corrected chi connectivity index (χ0v) is 19.0. The second kappa shape index (κ2) is 10.4. The fourth-order valence-electron chi connectivity index (χ4n) is 4.85. The molecule has 1 aliphatic heterocycles. The van der Waals surface area contributed by atoms with Gasteiger partial charge in [0.05, 0.1) is 6.10 Å². The molecular formula is C28H31F2NO2. The number of halogens is 2. The number of aliphatic hydroxyl groups is 1. The highest BCUT2D eigenvalue weighted by atomic mass is 19.1. The van der Waals surface area contributed by atoms with Crippen LogP contribution in [-0.2, 0) is 5.60 Å². The van der Waals surface area contributed by atoms with Gasteiger partial charge in [0.2, 0.25) is 0 Å². The number of likely N-dealkylation sites (tertiary alicyclic amines) is 1. The summed E-state index contributed by atoms with van der Waals surface area (Å²) in [5.74, 6) is -0.941. The Labute approximate surface area is 194 Å². The summed E-state index contributed by atoms with van der Waals surface area (Å²) in [6, 6.07) is 23.1. The summed E-state index contributed by atoms with van der Waals surface area (Å²) < 4.78 is 32.5. The van der Waals surface area contributed by atoms with Crippen LogP contribution < -0.4 is 4.74 Å². The van der Waals surface area contributed by atoms with Gasteiger partial charge in [-0.3, -0.25) is 0 Å². The number of rotatable bonds is 8. The van der Waals surface area contributed by atoms with E-state index in [-0.39, 0.29) is 17.8 Å². The molecule has 5 heteroatoms. The number of piperidine rings is 1. The van der Waals surface area contributed by atoms with Crippen molar-refractivity contribution in [2.75, 3.05) is 19.6 Å². The summed E-state index contributed by atoms with van der Waals surface area (Å²) in [4.78, 5) is 2.37. The van der Waals surface area contributed by atoms with E-state index in [9.17, 15) is 13.9 Å². The predicted molar refractivity (Wildman–Crippen MR) is 126 cm³/mol. The van der Waals surface area contributed by atoms with Gasteiger partial charge in [-0.2, -0.15) is 0 Å². The Kier molecular flexibility index (Phi) is 7.41. The minimum absolute atomic E-state index is 0.113. The summed E-state index contributed by atoms with van der Waals surface area (Å²) in [7, 11) is 0. The van der Waals surface area contributed by atoms with E-state index in [1.54, 1.807) is 0 Å². The van der Waals surface area contributed by atoms with E-state index in [4.69, 9.17) is 4.74 Å². The Hall–Kier alpha value is -2.76. The van der Waals surface area contributed by atoms with Crippen LogP contribution in [-0.4, -0.2) is 35.7 Å². The first-order chi connectivity index (χ1) is 15.9. The van der Waals surface area contributed by atoms with E-state index in [1.165, 1.54) is 12.1 Å². The maximum atomic E-state index is 13.4. The number of nitrogens with zero attached hydrogens (tertiary/aromatic N) is 1. The van der Waals surface area contributed by atoms with Crippen LogP contribution in [0.2, 0.25) is 0 Å². The van der Waals surface area contributed by atoms with Gasteiger partial charge in [-0.05, 0) is 56.3 Å². The maximum absolute atomic E-state index is 13.4. The van der Waals surface area contributed by atoms with Crippen LogP contribution in [0.5, 0.6) is 5.75 Å². The summed E-state index contributed by atoms with van der Waals surface area (Å²) in [5, 5.41) is 12.0. The molecule has 1 aliphatic rings. The zero-order valence-electron chi connectivity index (χ0n) is 19.0. The Morgan fingerprint density at radius 2 is 1.42 bits per heavy atom. The van der Waals surface area contributed by atoms with Crippen molar-refractivity contribution in [1.29, 1.82) is 0 Å². The summed E-state index contributed by atoms with van der Waals surface area (Å²) >= 11 is 0. The highest BCUT2D eigenvalue weighted by molar-refractivity contribution is 5.37. The lowest BCUT2D eigenvalue weighted by atomic mass is 9.72. The van der Waals surface area contributed by atoms with Crippen LogP contribution in [0.4, 0.5) is 8.78 Å². The van der Waals surface area contributed by atoms with Gasteiger partial charge >= 0.3 is 0 Å². The van der Waals surface area contributed by atoms with Gasteiger partial charge in [-0.15, -0.1) is 0 Å². The third-order valence-electron chi connectivity index (χ3n) is 6.63. The largest absolute Gasteiger partial charge is 0.490 e. The van der Waals surface area contributed by atoms with Crippen molar-refractivity contribution < 1.29 is 18.6 Å². The topological polar surface area (TPSA) is 32.7 Å². The first kappa shape index (κ1) is 23.4. The lowest BCUT2D eigenvalue weighted by molar-refractivity contribution is -0.0152. The summed E-state index contributed by atoms with van der Waals surface area (Å²) in [6.07, 6.45) is 2.36. The monoisotopic (exact) mass is 451 g/mol. The third-order valence-corrected chi connectivity index (χ3v) is 6.63. The Morgan fingerprint density at radius 3 is 1.94 bits per heavy atom. The lowest BCUT2D eigenvalue weighted by Crippen LogP contribution is -2.44. The van der Waals surface area contributed by atoms with E-state index >= 15 is 0 Å². The Bertz CT molecular complexity index is 961. The van der Waals surface area contributed by atoms with Crippen molar-refractivity contribution in [2.24, 2.45) is 5.92 Å². The molecule has 1 fully saturated rings. The fourth-order valence-corrected chi connectivity index (χ4v) is 4.85. The molecule has 33 heavy (non-hydrogen) atoms. The van der Waals surface area contributed by atoms with Crippen LogP contribution in [0, 0.1) is 17.6 Å². The molecular weight excluding hydrogens is 420 g/mol. The molecule has 1 heterocycles. The first-order valence-corrected chi connectivity index (χ1v) is 11.6. The van der Waals surface area contributed by atoms with E-state index in [1.807, 2.05) is 67.6 Å². The highest BCUT2D eigenvalue weighted by Crippen LogP contribution is 2.41. The molecule has 0 radical (unpaired) electrons. The van der Waals surface area contributed by atoms with Crippen molar-refractivity contribution >= 4 is 0 Å². The molecule has 3 aromatic carbocycles. The van der Waals surface area contributed by atoms with Crippen molar-refractivity contribution in [2.45, 2.75) is 37.9 Å². The van der Waals surface area contributed by atoms with Gasteiger partial charge < -0.3 is 14.7 Å². The quantitative estimate of drug-likeness (QED) is 0.472. The Balaban J connectivity index is 1.36. The number of hydrogen-bond donors (Lipinski definition) is 1. The summed E-state index contributed by atoms with van der Waals surface area (Å²) in [5.41, 5.74) is 0.838. The smallest absolute Gasteiger partial charge is 0.129 e. The Morgan fingerprint density at radius 1 is 0.909 bits per heavy atom. The highest BCUT2D eigenvalue weighted by Gasteiger charge is 2.41. The molecule has 0 aliphatic carbocycles. The van der Waals surface area contributed by atoms with Crippen LogP contribution >= 0.6 is 0 Å². The fraction of sp³-hybridized carbons (Fsp3) is 0.357. The predicted octanol–water partition coefficient (Wildman–Crippen LogP) is 5.77. The molecule has 0 aromatic heterocycles. The molecule has 0 saturated carbocycles. The van der Waals surface area contributed by atoms with Gasteiger partial charge in [0, 0.05) is 24.7 Å². The SMILES string of the molecule is CC(CCN1CCC(C(O)(c2ccccc2)c2ccccc2)CC1)Oc1cc(F)cc(F)c1. The number of ether oxygens (including phenoxy) is 1. The first-order valence-electron chi connectivity index (χ1n) is 11.6. The standard InChI is InChI=1S/C28H31F2NO2/c1-21(33-27-19-25(29)18-26(30)20-27)12-15-31-16-13-24(14-17-31)28(32,22-8-4-2-5-9-22)23-10-6-3-7-11-23/h2-11,18-21,24,32H,12-17H2,1H3. The van der Waals surface area contributed by atoms with Gasteiger partial charge in [-0.25, -0.2) is 8.78 Å². The van der Waals surface area contributed by atoms with Gasteiger partial charge in [0.1, 0.15) is 23.0 Å². The van der Waals surface area contributed by atoms with Crippen LogP contribution in [0.3, 0.4) is 0 Å². The van der Waals surface area contributed by atoms with Crippen LogP contribution in [0.1, 0.15) is 37.3 Å². The van der Waals surface area contributed by atoms with E-state index in [0.29, 0.717) is 0 Å². The summed E-state index contributed by atoms with van der Waals surface area (Å²) in [6.45, 7) is 4.52. The minimum Gasteiger partial charge on any atom is -0.490 e. The second-order valence-corrected chi connectivity index (χ2v) is 8.94. The molecule has 1 atom stereocenters. The third kappa shape index (κ3) is 5.60. The van der Waals surface area contributed by atoms with E-state index in [2.05, 4.69) is 4.90 Å². The molecule has 174 valence electrons. The van der Waals surface area contributed by atoms with Crippen LogP contribution in [0.25, 0.3) is 0 Å². The van der Waals surface area contributed by atoms with E-state index in [0.717, 1.165) is 56.1 Å². The molecule has 3 nitrogen and oxygen atoms in total. The van der Waals surface area contributed by atoms with Gasteiger partial charge in [0.15, 0.2) is 0 Å². The minimum atomic E-state index is -1.02. The van der Waals surface area contributed by atoms with Crippen molar-refractivity contribution in [3.05, 3.63) is 102 Å². The van der Waals surface area contributed by atoms with E-state index < -0.39 is 17.2 Å². The van der Waals surface area contributed by atoms with Gasteiger partial charge in [-0.1, -0.05) is 60.7 Å². The van der Waals surface area contributed by atoms with Crippen LogP contribution in [0.15, 0.2) is 78.9 Å². The average Bonchev–Trinajstić information content (AvgIpc) is 2.83. The molecule has 1 unspecified atom stereocenters. The molecule has 0 spiro atoms. The molecule has 0 amide bonds. The molecule has 1 N–H and O–H groups in total. The molecule has 3 aromatic rings. The number of hydrogen-bond acceptors (Lipinski definition) is 3. The molecule has 4 rings (SSSR count). The second-order valence-electron chi connectivity index (χ2n) is 8.94. The lowest BCUT2D eigenvalue weighted by Gasteiger charge is -2.42. The average molecular weight is 452 g/mol. The number of benzene rings is 3. The van der Waals surface area contributed by atoms with Crippen molar-refractivity contribution in [3.8, 4) is 5.75 Å². The van der Waals surface area contributed by atoms with Gasteiger partial charge in [0.25, 0.3) is 0 Å². The maximum Gasteiger partial charge on any atom is 0.129 e. The molecule has 1 saturated heterocycles. The normalized spacial score (nSPS) is 16.5. The molecule has 0 bridgehead atoms.